The van der Waals surface area contributed by atoms with Crippen molar-refractivity contribution in [2.75, 3.05) is 19.9 Å². The highest BCUT2D eigenvalue weighted by Gasteiger charge is 2.16. The maximum absolute atomic E-state index is 14.6. The van der Waals surface area contributed by atoms with Gasteiger partial charge in [0, 0.05) is 29.5 Å². The predicted octanol–water partition coefficient (Wildman–Crippen LogP) is 5.04. The number of halogens is 2. The van der Waals surface area contributed by atoms with E-state index in [0.717, 1.165) is 11.1 Å². The fourth-order valence-electron chi connectivity index (χ4n) is 3.58. The van der Waals surface area contributed by atoms with Gasteiger partial charge >= 0.3 is 5.97 Å². The number of hydrogen-bond donors (Lipinski definition) is 2. The number of hydrogen-bond acceptors (Lipinski definition) is 6. The SMILES string of the molecule is CCO[C@@H](CC(=O)O)c1ccc(OCc2ccc(F)c(-c3ccc(OC[C@H](O)CF)nc3C)c2)cc1. The summed E-state index contributed by atoms with van der Waals surface area (Å²) in [6, 6.07) is 14.9. The number of alkyl halides is 1. The third-order valence-corrected chi connectivity index (χ3v) is 5.37. The van der Waals surface area contributed by atoms with Gasteiger partial charge in [0.05, 0.1) is 12.5 Å². The van der Waals surface area contributed by atoms with Crippen molar-refractivity contribution in [3.05, 3.63) is 77.2 Å². The van der Waals surface area contributed by atoms with E-state index in [1.165, 1.54) is 12.1 Å². The molecule has 0 aliphatic heterocycles. The molecule has 2 N–H and O–H groups in total. The summed E-state index contributed by atoms with van der Waals surface area (Å²) in [6.45, 7) is 2.96. The van der Waals surface area contributed by atoms with E-state index in [9.17, 15) is 18.7 Å². The summed E-state index contributed by atoms with van der Waals surface area (Å²) in [6.07, 6.45) is -1.90. The van der Waals surface area contributed by atoms with Gasteiger partial charge < -0.3 is 24.4 Å². The summed E-state index contributed by atoms with van der Waals surface area (Å²) in [5, 5.41) is 18.4. The molecule has 0 spiro atoms. The number of carboxylic acids is 1. The van der Waals surface area contributed by atoms with E-state index >= 15 is 0 Å². The number of nitrogens with zero attached hydrogens (tertiary/aromatic N) is 1. The van der Waals surface area contributed by atoms with Gasteiger partial charge in [-0.05, 0) is 55.3 Å². The van der Waals surface area contributed by atoms with Crippen LogP contribution >= 0.6 is 0 Å². The quantitative estimate of drug-likeness (QED) is 0.339. The monoisotopic (exact) mass is 501 g/mol. The van der Waals surface area contributed by atoms with Crippen LogP contribution in [0.5, 0.6) is 11.6 Å². The summed E-state index contributed by atoms with van der Waals surface area (Å²) >= 11 is 0. The number of carbonyl (C=O) groups is 1. The third-order valence-electron chi connectivity index (χ3n) is 5.37. The molecule has 1 aromatic heterocycles. The summed E-state index contributed by atoms with van der Waals surface area (Å²) < 4.78 is 43.7. The van der Waals surface area contributed by atoms with Crippen molar-refractivity contribution in [2.24, 2.45) is 0 Å². The number of aromatic nitrogens is 1. The first-order chi connectivity index (χ1) is 17.3. The number of aliphatic carboxylic acids is 1. The van der Waals surface area contributed by atoms with Gasteiger partial charge in [-0.3, -0.25) is 4.79 Å². The van der Waals surface area contributed by atoms with Crippen LogP contribution in [-0.2, 0) is 16.1 Å². The highest BCUT2D eigenvalue weighted by atomic mass is 19.1. The fraction of sp³-hybridized carbons (Fsp3) is 0.333. The largest absolute Gasteiger partial charge is 0.489 e. The molecule has 9 heteroatoms. The minimum Gasteiger partial charge on any atom is -0.489 e. The lowest BCUT2D eigenvalue weighted by Gasteiger charge is -2.16. The van der Waals surface area contributed by atoms with Gasteiger partial charge in [-0.15, -0.1) is 0 Å². The van der Waals surface area contributed by atoms with Crippen molar-refractivity contribution in [1.82, 2.24) is 4.98 Å². The van der Waals surface area contributed by atoms with Crippen molar-refractivity contribution in [3.63, 3.8) is 0 Å². The Labute approximate surface area is 208 Å². The van der Waals surface area contributed by atoms with Gasteiger partial charge in [-0.2, -0.15) is 0 Å². The molecule has 0 radical (unpaired) electrons. The zero-order valence-corrected chi connectivity index (χ0v) is 20.1. The Kier molecular flexibility index (Phi) is 9.72. The molecular weight excluding hydrogens is 472 g/mol. The number of pyridine rings is 1. The molecule has 36 heavy (non-hydrogen) atoms. The Bertz CT molecular complexity index is 1160. The zero-order chi connectivity index (χ0) is 26.1. The average Bonchev–Trinajstić information content (AvgIpc) is 2.87. The van der Waals surface area contributed by atoms with Gasteiger partial charge in [0.1, 0.15) is 37.6 Å². The first-order valence-corrected chi connectivity index (χ1v) is 11.5. The Hall–Kier alpha value is -3.56. The summed E-state index contributed by atoms with van der Waals surface area (Å²) in [5.41, 5.74) is 2.90. The second-order valence-corrected chi connectivity index (χ2v) is 8.12. The van der Waals surface area contributed by atoms with Crippen LogP contribution in [0.2, 0.25) is 0 Å². The molecule has 2 aromatic carbocycles. The minimum absolute atomic E-state index is 0.132. The van der Waals surface area contributed by atoms with E-state index in [1.54, 1.807) is 49.4 Å². The molecule has 0 aliphatic rings. The van der Waals surface area contributed by atoms with Gasteiger partial charge in [0.15, 0.2) is 0 Å². The van der Waals surface area contributed by atoms with Crippen LogP contribution in [0.3, 0.4) is 0 Å². The first kappa shape index (κ1) is 27.0. The van der Waals surface area contributed by atoms with Crippen LogP contribution in [0, 0.1) is 12.7 Å². The molecule has 3 rings (SSSR count). The maximum Gasteiger partial charge on any atom is 0.306 e. The highest BCUT2D eigenvalue weighted by Crippen LogP contribution is 2.29. The van der Waals surface area contributed by atoms with Crippen molar-refractivity contribution in [2.45, 2.75) is 39.1 Å². The molecule has 1 heterocycles. The van der Waals surface area contributed by atoms with Crippen LogP contribution in [-0.4, -0.2) is 47.2 Å². The van der Waals surface area contributed by atoms with Crippen molar-refractivity contribution in [1.29, 1.82) is 0 Å². The summed E-state index contributed by atoms with van der Waals surface area (Å²) in [4.78, 5) is 15.4. The molecule has 3 aromatic rings. The Morgan fingerprint density at radius 3 is 2.44 bits per heavy atom. The fourth-order valence-corrected chi connectivity index (χ4v) is 3.58. The topological polar surface area (TPSA) is 98.1 Å². The number of carboxylic acid groups (broad SMARTS) is 1. The van der Waals surface area contributed by atoms with E-state index in [1.807, 2.05) is 6.92 Å². The van der Waals surface area contributed by atoms with Crippen molar-refractivity contribution >= 4 is 5.97 Å². The van der Waals surface area contributed by atoms with Crippen LogP contribution in [0.25, 0.3) is 11.1 Å². The van der Waals surface area contributed by atoms with E-state index in [4.69, 9.17) is 19.3 Å². The van der Waals surface area contributed by atoms with Crippen LogP contribution in [0.1, 0.15) is 36.3 Å². The molecule has 2 atom stereocenters. The number of aliphatic hydroxyl groups excluding tert-OH is 1. The van der Waals surface area contributed by atoms with Gasteiger partial charge in [-0.25, -0.2) is 13.8 Å². The van der Waals surface area contributed by atoms with Crippen molar-refractivity contribution in [3.8, 4) is 22.8 Å². The Balaban J connectivity index is 1.69. The third kappa shape index (κ3) is 7.47. The molecule has 0 bridgehead atoms. The molecule has 0 unspecified atom stereocenters. The molecule has 7 nitrogen and oxygen atoms in total. The number of ether oxygens (including phenoxy) is 3. The van der Waals surface area contributed by atoms with Crippen LogP contribution in [0.4, 0.5) is 8.78 Å². The lowest BCUT2D eigenvalue weighted by atomic mass is 10.0. The van der Waals surface area contributed by atoms with Gasteiger partial charge in [0.2, 0.25) is 5.88 Å². The van der Waals surface area contributed by atoms with Crippen LogP contribution < -0.4 is 9.47 Å². The molecule has 0 amide bonds. The molecule has 0 saturated heterocycles. The lowest BCUT2D eigenvalue weighted by Crippen LogP contribution is -2.19. The van der Waals surface area contributed by atoms with E-state index in [2.05, 4.69) is 4.98 Å². The lowest BCUT2D eigenvalue weighted by molar-refractivity contribution is -0.140. The average molecular weight is 502 g/mol. The smallest absolute Gasteiger partial charge is 0.306 e. The van der Waals surface area contributed by atoms with E-state index < -0.39 is 30.7 Å². The standard InChI is InChI=1S/C27H29F2NO6/c1-3-34-25(13-27(32)33)19-5-7-21(8-6-19)35-15-18-4-10-24(29)23(12-18)22-9-11-26(30-17(22)2)36-16-20(31)14-28/h4-12,20,25,31H,3,13-16H2,1-2H3,(H,32,33)/t20-,25+/m1/s1. The van der Waals surface area contributed by atoms with Crippen LogP contribution in [0.15, 0.2) is 54.6 Å². The molecule has 0 fully saturated rings. The number of rotatable bonds is 13. The predicted molar refractivity (Wildman–Crippen MR) is 129 cm³/mol. The molecular formula is C27H29F2NO6. The minimum atomic E-state index is -1.23. The first-order valence-electron chi connectivity index (χ1n) is 11.5. The van der Waals surface area contributed by atoms with Crippen molar-refractivity contribution < 1.29 is 38.0 Å². The van der Waals surface area contributed by atoms with E-state index in [-0.39, 0.29) is 25.5 Å². The van der Waals surface area contributed by atoms with Gasteiger partial charge in [0.25, 0.3) is 0 Å². The second kappa shape index (κ2) is 12.9. The summed E-state index contributed by atoms with van der Waals surface area (Å²) in [7, 11) is 0. The Morgan fingerprint density at radius 2 is 1.81 bits per heavy atom. The maximum atomic E-state index is 14.6. The molecule has 192 valence electrons. The van der Waals surface area contributed by atoms with Gasteiger partial charge in [-0.1, -0.05) is 18.2 Å². The second-order valence-electron chi connectivity index (χ2n) is 8.12. The summed E-state index contributed by atoms with van der Waals surface area (Å²) in [5.74, 6) is -0.578. The van der Waals surface area contributed by atoms with E-state index in [0.29, 0.717) is 29.2 Å². The molecule has 0 saturated carbocycles. The normalized spacial score (nSPS) is 12.7. The Morgan fingerprint density at radius 1 is 1.06 bits per heavy atom. The highest BCUT2D eigenvalue weighted by molar-refractivity contribution is 5.68. The number of aryl methyl sites for hydroxylation is 1. The number of aliphatic hydroxyl groups is 1. The zero-order valence-electron chi connectivity index (χ0n) is 20.1. The number of benzene rings is 2. The molecule has 0 aliphatic carbocycles.